The van der Waals surface area contributed by atoms with E-state index in [0.717, 1.165) is 13.1 Å². The van der Waals surface area contributed by atoms with Crippen LogP contribution < -0.4 is 5.32 Å². The molecular formula is C18H31N. The zero-order valence-electron chi connectivity index (χ0n) is 13.6. The van der Waals surface area contributed by atoms with Gasteiger partial charge >= 0.3 is 0 Å². The highest BCUT2D eigenvalue weighted by molar-refractivity contribution is 5.34. The molecule has 0 heterocycles. The molecule has 108 valence electrons. The molecule has 0 bridgehead atoms. The third kappa shape index (κ3) is 4.99. The molecule has 1 N–H and O–H groups in total. The average Bonchev–Trinajstić information content (AvgIpc) is 2.30. The average molecular weight is 261 g/mol. The summed E-state index contributed by atoms with van der Waals surface area (Å²) in [5.74, 6) is 0.679. The fraction of sp³-hybridized carbons (Fsp3) is 0.667. The van der Waals surface area contributed by atoms with E-state index in [-0.39, 0.29) is 0 Å². The molecule has 0 saturated heterocycles. The van der Waals surface area contributed by atoms with Crippen LogP contribution in [0, 0.1) is 25.2 Å². The van der Waals surface area contributed by atoms with Crippen LogP contribution in [-0.4, -0.2) is 13.1 Å². The van der Waals surface area contributed by atoms with Crippen LogP contribution >= 0.6 is 0 Å². The fourth-order valence-electron chi connectivity index (χ4n) is 2.55. The summed E-state index contributed by atoms with van der Waals surface area (Å²) in [6.45, 7) is 16.0. The number of rotatable bonds is 6. The molecule has 0 aromatic heterocycles. The fourth-order valence-corrected chi connectivity index (χ4v) is 2.55. The highest BCUT2D eigenvalue weighted by Crippen LogP contribution is 2.30. The highest BCUT2D eigenvalue weighted by Gasteiger charge is 2.25. The van der Waals surface area contributed by atoms with Gasteiger partial charge in [0.05, 0.1) is 0 Å². The van der Waals surface area contributed by atoms with Gasteiger partial charge in [0.15, 0.2) is 0 Å². The molecule has 1 aromatic carbocycles. The van der Waals surface area contributed by atoms with Gasteiger partial charge in [-0.3, -0.25) is 0 Å². The molecule has 1 rings (SSSR count). The normalized spacial score (nSPS) is 13.6. The van der Waals surface area contributed by atoms with E-state index in [4.69, 9.17) is 0 Å². The summed E-state index contributed by atoms with van der Waals surface area (Å²) in [7, 11) is 0. The topological polar surface area (TPSA) is 12.0 Å². The molecule has 1 nitrogen and oxygen atoms in total. The van der Waals surface area contributed by atoms with Crippen molar-refractivity contribution in [1.29, 1.82) is 0 Å². The van der Waals surface area contributed by atoms with Crippen LogP contribution in [0.4, 0.5) is 0 Å². The molecule has 1 unspecified atom stereocenters. The molecule has 0 aliphatic heterocycles. The van der Waals surface area contributed by atoms with Crippen molar-refractivity contribution in [3.05, 3.63) is 34.9 Å². The van der Waals surface area contributed by atoms with E-state index >= 15 is 0 Å². The standard InChI is InChI=1S/C18H31N/c1-7-11-19-13-16(18(4,5)6)12-17-14(2)9-8-10-15(17)3/h8-10,16,19H,7,11-13H2,1-6H3. The van der Waals surface area contributed by atoms with Gasteiger partial charge in [-0.1, -0.05) is 45.9 Å². The Balaban J connectivity index is 2.82. The molecule has 0 aliphatic carbocycles. The van der Waals surface area contributed by atoms with Crippen LogP contribution in [0.25, 0.3) is 0 Å². The van der Waals surface area contributed by atoms with Crippen molar-refractivity contribution in [2.45, 2.75) is 54.4 Å². The number of hydrogen-bond donors (Lipinski definition) is 1. The molecule has 0 fully saturated rings. The smallest absolute Gasteiger partial charge is 0.00123 e. The predicted octanol–water partition coefficient (Wildman–Crippen LogP) is 4.51. The van der Waals surface area contributed by atoms with Crippen molar-refractivity contribution >= 4 is 0 Å². The minimum atomic E-state index is 0.343. The lowest BCUT2D eigenvalue weighted by atomic mass is 9.76. The first-order valence-electron chi connectivity index (χ1n) is 7.62. The molecule has 0 amide bonds. The van der Waals surface area contributed by atoms with Crippen LogP contribution in [0.5, 0.6) is 0 Å². The van der Waals surface area contributed by atoms with E-state index in [0.29, 0.717) is 11.3 Å². The van der Waals surface area contributed by atoms with E-state index in [1.807, 2.05) is 0 Å². The Kier molecular flexibility index (Phi) is 6.06. The van der Waals surface area contributed by atoms with Gasteiger partial charge in [-0.25, -0.2) is 0 Å². The maximum absolute atomic E-state index is 3.60. The van der Waals surface area contributed by atoms with E-state index in [1.54, 1.807) is 5.56 Å². The van der Waals surface area contributed by atoms with Crippen molar-refractivity contribution in [2.75, 3.05) is 13.1 Å². The van der Waals surface area contributed by atoms with Gasteiger partial charge < -0.3 is 5.32 Å². The van der Waals surface area contributed by atoms with Crippen LogP contribution in [0.15, 0.2) is 18.2 Å². The van der Waals surface area contributed by atoms with Crippen LogP contribution in [0.2, 0.25) is 0 Å². The Morgan fingerprint density at radius 2 is 1.68 bits per heavy atom. The molecule has 19 heavy (non-hydrogen) atoms. The van der Waals surface area contributed by atoms with E-state index in [1.165, 1.54) is 24.0 Å². The number of aryl methyl sites for hydroxylation is 2. The lowest BCUT2D eigenvalue weighted by Crippen LogP contribution is -2.34. The quantitative estimate of drug-likeness (QED) is 0.743. The zero-order chi connectivity index (χ0) is 14.5. The monoisotopic (exact) mass is 261 g/mol. The van der Waals surface area contributed by atoms with Gasteiger partial charge in [0, 0.05) is 0 Å². The van der Waals surface area contributed by atoms with E-state index in [2.05, 4.69) is 65.1 Å². The maximum atomic E-state index is 3.60. The minimum absolute atomic E-state index is 0.343. The van der Waals surface area contributed by atoms with Crippen LogP contribution in [0.1, 0.15) is 50.8 Å². The minimum Gasteiger partial charge on any atom is -0.316 e. The Morgan fingerprint density at radius 3 is 2.16 bits per heavy atom. The molecule has 0 radical (unpaired) electrons. The number of nitrogens with one attached hydrogen (secondary N) is 1. The van der Waals surface area contributed by atoms with Gasteiger partial charge in [-0.05, 0) is 67.8 Å². The first kappa shape index (κ1) is 16.2. The van der Waals surface area contributed by atoms with Gasteiger partial charge in [0.2, 0.25) is 0 Å². The second-order valence-electron chi connectivity index (χ2n) is 6.84. The zero-order valence-corrected chi connectivity index (χ0v) is 13.6. The molecule has 0 saturated carbocycles. The lowest BCUT2D eigenvalue weighted by molar-refractivity contribution is 0.230. The summed E-state index contributed by atoms with van der Waals surface area (Å²) >= 11 is 0. The van der Waals surface area contributed by atoms with Gasteiger partial charge in [-0.2, -0.15) is 0 Å². The maximum Gasteiger partial charge on any atom is -0.00123 e. The Bertz CT molecular complexity index is 367. The first-order valence-corrected chi connectivity index (χ1v) is 7.62. The van der Waals surface area contributed by atoms with Crippen molar-refractivity contribution in [3.8, 4) is 0 Å². The van der Waals surface area contributed by atoms with Crippen LogP contribution in [0.3, 0.4) is 0 Å². The summed E-state index contributed by atoms with van der Waals surface area (Å²) < 4.78 is 0. The second-order valence-corrected chi connectivity index (χ2v) is 6.84. The van der Waals surface area contributed by atoms with E-state index < -0.39 is 0 Å². The molecule has 1 heteroatoms. The highest BCUT2D eigenvalue weighted by atomic mass is 14.9. The van der Waals surface area contributed by atoms with Gasteiger partial charge in [-0.15, -0.1) is 0 Å². The molecule has 1 aromatic rings. The summed E-state index contributed by atoms with van der Waals surface area (Å²) in [6.07, 6.45) is 2.39. The van der Waals surface area contributed by atoms with Crippen LogP contribution in [-0.2, 0) is 6.42 Å². The van der Waals surface area contributed by atoms with Crippen molar-refractivity contribution < 1.29 is 0 Å². The predicted molar refractivity (Wildman–Crippen MR) is 85.7 cm³/mol. The number of benzene rings is 1. The summed E-state index contributed by atoms with van der Waals surface area (Å²) in [4.78, 5) is 0. The largest absolute Gasteiger partial charge is 0.316 e. The summed E-state index contributed by atoms with van der Waals surface area (Å²) in [5.41, 5.74) is 4.75. The van der Waals surface area contributed by atoms with Crippen molar-refractivity contribution in [1.82, 2.24) is 5.32 Å². The Hall–Kier alpha value is -0.820. The first-order chi connectivity index (χ1) is 8.86. The molecule has 0 spiro atoms. The number of hydrogen-bond acceptors (Lipinski definition) is 1. The third-order valence-corrected chi connectivity index (χ3v) is 4.14. The lowest BCUT2D eigenvalue weighted by Gasteiger charge is -2.32. The Morgan fingerprint density at radius 1 is 1.11 bits per heavy atom. The van der Waals surface area contributed by atoms with Gasteiger partial charge in [0.25, 0.3) is 0 Å². The Labute approximate surface area is 119 Å². The van der Waals surface area contributed by atoms with Crippen molar-refractivity contribution in [2.24, 2.45) is 11.3 Å². The molecule has 0 aliphatic rings. The summed E-state index contributed by atoms with van der Waals surface area (Å²) in [5, 5.41) is 3.60. The van der Waals surface area contributed by atoms with E-state index in [9.17, 15) is 0 Å². The van der Waals surface area contributed by atoms with Gasteiger partial charge in [0.1, 0.15) is 0 Å². The molecular weight excluding hydrogens is 230 g/mol. The third-order valence-electron chi connectivity index (χ3n) is 4.14. The summed E-state index contributed by atoms with van der Waals surface area (Å²) in [6, 6.07) is 6.64. The molecule has 1 atom stereocenters. The second kappa shape index (κ2) is 7.09. The SMILES string of the molecule is CCCNCC(Cc1c(C)cccc1C)C(C)(C)C. The van der Waals surface area contributed by atoms with Crippen molar-refractivity contribution in [3.63, 3.8) is 0 Å².